The summed E-state index contributed by atoms with van der Waals surface area (Å²) in [6.07, 6.45) is 1.07. The molecule has 0 aliphatic heterocycles. The maximum atomic E-state index is 5.77. The van der Waals surface area contributed by atoms with Gasteiger partial charge in [-0.3, -0.25) is 0 Å². The van der Waals surface area contributed by atoms with Crippen LogP contribution in [-0.4, -0.2) is 6.54 Å². The summed E-state index contributed by atoms with van der Waals surface area (Å²) in [5, 5.41) is 0. The van der Waals surface area contributed by atoms with Gasteiger partial charge in [-0.05, 0) is 61.4 Å². The van der Waals surface area contributed by atoms with Crippen LogP contribution < -0.4 is 5.73 Å². The highest BCUT2D eigenvalue weighted by Crippen LogP contribution is 2.24. The van der Waals surface area contributed by atoms with Crippen molar-refractivity contribution in [2.75, 3.05) is 6.54 Å². The molecule has 0 heterocycles. The number of rotatable bonds is 3. The van der Waals surface area contributed by atoms with E-state index in [0.29, 0.717) is 0 Å². The van der Waals surface area contributed by atoms with Crippen molar-refractivity contribution in [3.8, 4) is 0 Å². The van der Waals surface area contributed by atoms with Crippen molar-refractivity contribution in [3.63, 3.8) is 0 Å². The van der Waals surface area contributed by atoms with E-state index in [1.807, 2.05) is 0 Å². The minimum absolute atomic E-state index is 0.201. The molecule has 0 atom stereocenters. The highest BCUT2D eigenvalue weighted by atomic mass is 14.6. The van der Waals surface area contributed by atoms with E-state index in [0.717, 1.165) is 13.0 Å². The van der Waals surface area contributed by atoms with Crippen molar-refractivity contribution in [1.29, 1.82) is 0 Å². The van der Waals surface area contributed by atoms with E-state index in [1.54, 1.807) is 0 Å². The van der Waals surface area contributed by atoms with Crippen LogP contribution in [0.25, 0.3) is 0 Å². The van der Waals surface area contributed by atoms with Crippen molar-refractivity contribution in [1.82, 2.24) is 0 Å². The Labute approximate surface area is 93.7 Å². The first-order chi connectivity index (χ1) is 6.85. The van der Waals surface area contributed by atoms with Gasteiger partial charge in [-0.2, -0.15) is 0 Å². The molecule has 1 nitrogen and oxygen atoms in total. The monoisotopic (exact) mass is 205 g/mol. The molecule has 1 heteroatoms. The number of hydrogen-bond acceptors (Lipinski definition) is 1. The molecule has 2 N–H and O–H groups in total. The summed E-state index contributed by atoms with van der Waals surface area (Å²) < 4.78 is 0. The Bertz CT molecular complexity index is 351. The summed E-state index contributed by atoms with van der Waals surface area (Å²) in [6, 6.07) is 4.58. The summed E-state index contributed by atoms with van der Waals surface area (Å²) in [4.78, 5) is 0. The first-order valence-corrected chi connectivity index (χ1v) is 5.62. The number of hydrogen-bond donors (Lipinski definition) is 1. The zero-order chi connectivity index (χ0) is 11.6. The lowest BCUT2D eigenvalue weighted by atomic mass is 9.83. The summed E-state index contributed by atoms with van der Waals surface area (Å²) in [7, 11) is 0. The lowest BCUT2D eigenvalue weighted by Crippen LogP contribution is -2.26. The van der Waals surface area contributed by atoms with Crippen LogP contribution in [-0.2, 0) is 6.42 Å². The molecule has 1 rings (SSSR count). The molecular formula is C14H23N. The van der Waals surface area contributed by atoms with E-state index in [-0.39, 0.29) is 5.41 Å². The number of aryl methyl sites for hydroxylation is 3. The van der Waals surface area contributed by atoms with Crippen LogP contribution in [0.5, 0.6) is 0 Å². The predicted octanol–water partition coefficient (Wildman–Crippen LogP) is 3.14. The fraction of sp³-hybridized carbons (Fsp3) is 0.571. The minimum Gasteiger partial charge on any atom is -0.330 e. The molecule has 0 fully saturated rings. The largest absolute Gasteiger partial charge is 0.330 e. The van der Waals surface area contributed by atoms with Gasteiger partial charge >= 0.3 is 0 Å². The Morgan fingerprint density at radius 1 is 1.00 bits per heavy atom. The summed E-state index contributed by atoms with van der Waals surface area (Å²) in [6.45, 7) is 11.7. The Kier molecular flexibility index (Phi) is 3.56. The third-order valence-electron chi connectivity index (χ3n) is 3.17. The second-order valence-corrected chi connectivity index (χ2v) is 5.41. The zero-order valence-corrected chi connectivity index (χ0v) is 10.6. The molecule has 0 aliphatic carbocycles. The number of benzene rings is 1. The van der Waals surface area contributed by atoms with Crippen LogP contribution in [0.2, 0.25) is 0 Å². The zero-order valence-electron chi connectivity index (χ0n) is 10.6. The van der Waals surface area contributed by atoms with Gasteiger partial charge in [0.2, 0.25) is 0 Å². The highest BCUT2D eigenvalue weighted by Gasteiger charge is 2.17. The van der Waals surface area contributed by atoms with E-state index in [9.17, 15) is 0 Å². The van der Waals surface area contributed by atoms with Gasteiger partial charge < -0.3 is 5.73 Å². The third kappa shape index (κ3) is 3.07. The average Bonchev–Trinajstić information content (AvgIpc) is 2.14. The van der Waals surface area contributed by atoms with Gasteiger partial charge in [0.25, 0.3) is 0 Å². The van der Waals surface area contributed by atoms with Gasteiger partial charge in [0.1, 0.15) is 0 Å². The third-order valence-corrected chi connectivity index (χ3v) is 3.17. The van der Waals surface area contributed by atoms with Crippen molar-refractivity contribution in [3.05, 3.63) is 34.4 Å². The molecule has 1 aromatic carbocycles. The van der Waals surface area contributed by atoms with E-state index in [2.05, 4.69) is 46.8 Å². The molecule has 0 aliphatic rings. The van der Waals surface area contributed by atoms with Crippen molar-refractivity contribution >= 4 is 0 Å². The molecule has 0 saturated heterocycles. The standard InChI is InChI=1S/C14H23N/c1-10-6-12(3)13(7-11(10)2)8-14(4,5)9-15/h6-7H,8-9,15H2,1-5H3. The number of nitrogens with two attached hydrogens (primary N) is 1. The molecule has 84 valence electrons. The maximum Gasteiger partial charge on any atom is -0.00226 e. The van der Waals surface area contributed by atoms with Crippen molar-refractivity contribution < 1.29 is 0 Å². The molecule has 0 aromatic heterocycles. The van der Waals surface area contributed by atoms with Crippen molar-refractivity contribution in [2.24, 2.45) is 11.1 Å². The lowest BCUT2D eigenvalue weighted by molar-refractivity contribution is 0.376. The SMILES string of the molecule is Cc1cc(C)c(CC(C)(C)CN)cc1C. The molecular weight excluding hydrogens is 182 g/mol. The summed E-state index contributed by atoms with van der Waals surface area (Å²) in [5.41, 5.74) is 11.6. The normalized spacial score (nSPS) is 11.9. The van der Waals surface area contributed by atoms with Crippen LogP contribution in [0.15, 0.2) is 12.1 Å². The fourth-order valence-corrected chi connectivity index (χ4v) is 1.80. The predicted molar refractivity (Wildman–Crippen MR) is 67.2 cm³/mol. The molecule has 0 unspecified atom stereocenters. The van der Waals surface area contributed by atoms with Crippen LogP contribution in [0.1, 0.15) is 36.1 Å². The second kappa shape index (κ2) is 4.36. The topological polar surface area (TPSA) is 26.0 Å². The van der Waals surface area contributed by atoms with Gasteiger partial charge in [-0.1, -0.05) is 26.0 Å². The first kappa shape index (κ1) is 12.3. The van der Waals surface area contributed by atoms with Crippen LogP contribution in [0, 0.1) is 26.2 Å². The average molecular weight is 205 g/mol. The molecule has 0 bridgehead atoms. The molecule has 0 spiro atoms. The molecule has 1 aromatic rings. The van der Waals surface area contributed by atoms with Gasteiger partial charge in [0.05, 0.1) is 0 Å². The van der Waals surface area contributed by atoms with E-state index in [1.165, 1.54) is 22.3 Å². The highest BCUT2D eigenvalue weighted by molar-refractivity contribution is 5.36. The fourth-order valence-electron chi connectivity index (χ4n) is 1.80. The van der Waals surface area contributed by atoms with E-state index in [4.69, 9.17) is 5.73 Å². The lowest BCUT2D eigenvalue weighted by Gasteiger charge is -2.24. The Hall–Kier alpha value is -0.820. The second-order valence-electron chi connectivity index (χ2n) is 5.41. The minimum atomic E-state index is 0.201. The summed E-state index contributed by atoms with van der Waals surface area (Å²) >= 11 is 0. The van der Waals surface area contributed by atoms with Crippen LogP contribution >= 0.6 is 0 Å². The maximum absolute atomic E-state index is 5.77. The van der Waals surface area contributed by atoms with E-state index < -0.39 is 0 Å². The van der Waals surface area contributed by atoms with Gasteiger partial charge in [-0.25, -0.2) is 0 Å². The van der Waals surface area contributed by atoms with Crippen LogP contribution in [0.4, 0.5) is 0 Å². The first-order valence-electron chi connectivity index (χ1n) is 5.62. The van der Waals surface area contributed by atoms with Crippen molar-refractivity contribution in [2.45, 2.75) is 41.0 Å². The Balaban J connectivity index is 3.01. The Morgan fingerprint density at radius 2 is 1.53 bits per heavy atom. The van der Waals surface area contributed by atoms with Crippen LogP contribution in [0.3, 0.4) is 0 Å². The molecule has 0 amide bonds. The van der Waals surface area contributed by atoms with Gasteiger partial charge in [0, 0.05) is 0 Å². The Morgan fingerprint density at radius 3 is 2.07 bits per heavy atom. The van der Waals surface area contributed by atoms with Gasteiger partial charge in [-0.15, -0.1) is 0 Å². The quantitative estimate of drug-likeness (QED) is 0.806. The van der Waals surface area contributed by atoms with E-state index >= 15 is 0 Å². The molecule has 0 saturated carbocycles. The molecule has 15 heavy (non-hydrogen) atoms. The van der Waals surface area contributed by atoms with Gasteiger partial charge in [0.15, 0.2) is 0 Å². The summed E-state index contributed by atoms with van der Waals surface area (Å²) in [5.74, 6) is 0. The molecule has 0 radical (unpaired) electrons. The smallest absolute Gasteiger partial charge is 0.00226 e.